The Hall–Kier alpha value is -0.550. The fourth-order valence-corrected chi connectivity index (χ4v) is 3.18. The number of hydrogen-bond donors (Lipinski definition) is 1. The predicted octanol–water partition coefficient (Wildman–Crippen LogP) is 4.63. The van der Waals surface area contributed by atoms with Crippen LogP contribution in [0.2, 0.25) is 4.34 Å². The summed E-state index contributed by atoms with van der Waals surface area (Å²) in [5.41, 5.74) is 5.99. The molecule has 1 heterocycles. The van der Waals surface area contributed by atoms with Gasteiger partial charge >= 0.3 is 0 Å². The zero-order valence-corrected chi connectivity index (χ0v) is 12.9. The van der Waals surface area contributed by atoms with Gasteiger partial charge in [-0.2, -0.15) is 0 Å². The molecule has 0 aliphatic rings. The second kappa shape index (κ2) is 6.06. The number of halogens is 2. The van der Waals surface area contributed by atoms with Crippen LogP contribution in [-0.2, 0) is 0 Å². The molecule has 2 aromatic rings. The minimum atomic E-state index is -0.184. The predicted molar refractivity (Wildman–Crippen MR) is 80.5 cm³/mol. The highest BCUT2D eigenvalue weighted by atomic mass is 79.9. The molecule has 0 radical (unpaired) electrons. The summed E-state index contributed by atoms with van der Waals surface area (Å²) >= 11 is 10.9. The normalized spacial score (nSPS) is 14.2. The summed E-state index contributed by atoms with van der Waals surface area (Å²) in [5, 5.41) is 0. The molecule has 0 bridgehead atoms. The minimum Gasteiger partial charge on any atom is -0.483 e. The Morgan fingerprint density at radius 3 is 2.67 bits per heavy atom. The maximum absolute atomic E-state index is 5.99. The lowest BCUT2D eigenvalue weighted by Gasteiger charge is -2.21. The molecule has 2 nitrogen and oxygen atoms in total. The van der Waals surface area contributed by atoms with Crippen molar-refractivity contribution in [3.63, 3.8) is 0 Å². The van der Waals surface area contributed by atoms with E-state index in [1.54, 1.807) is 0 Å². The molecule has 0 saturated carbocycles. The molecule has 96 valence electrons. The standard InChI is InChI=1S/C13H13BrClNOS/c1-8(16)13(11-5-6-12(15)18-11)17-10-4-2-3-9(14)7-10/h2-8,13H,16H2,1H3. The average Bonchev–Trinajstić information content (AvgIpc) is 2.72. The van der Waals surface area contributed by atoms with Gasteiger partial charge in [-0.25, -0.2) is 0 Å². The number of ether oxygens (including phenoxy) is 1. The molecular formula is C13H13BrClNOS. The fraction of sp³-hybridized carbons (Fsp3) is 0.231. The van der Waals surface area contributed by atoms with E-state index < -0.39 is 0 Å². The van der Waals surface area contributed by atoms with Gasteiger partial charge in [-0.3, -0.25) is 0 Å². The van der Waals surface area contributed by atoms with Crippen molar-refractivity contribution < 1.29 is 4.74 Å². The molecule has 0 saturated heterocycles. The van der Waals surface area contributed by atoms with Gasteiger partial charge in [0.2, 0.25) is 0 Å². The zero-order valence-electron chi connectivity index (χ0n) is 9.77. The molecular weight excluding hydrogens is 334 g/mol. The third-order valence-electron chi connectivity index (χ3n) is 2.41. The van der Waals surface area contributed by atoms with Crippen LogP contribution in [0.5, 0.6) is 5.75 Å². The second-order valence-electron chi connectivity index (χ2n) is 4.00. The van der Waals surface area contributed by atoms with Crippen molar-refractivity contribution in [1.82, 2.24) is 0 Å². The lowest BCUT2D eigenvalue weighted by atomic mass is 10.1. The number of rotatable bonds is 4. The quantitative estimate of drug-likeness (QED) is 0.876. The summed E-state index contributed by atoms with van der Waals surface area (Å²) in [6.45, 7) is 1.93. The molecule has 5 heteroatoms. The van der Waals surface area contributed by atoms with E-state index in [1.807, 2.05) is 43.3 Å². The highest BCUT2D eigenvalue weighted by molar-refractivity contribution is 9.10. The Balaban J connectivity index is 2.22. The summed E-state index contributed by atoms with van der Waals surface area (Å²) in [5.74, 6) is 0.788. The van der Waals surface area contributed by atoms with E-state index in [0.29, 0.717) is 0 Å². The van der Waals surface area contributed by atoms with E-state index in [4.69, 9.17) is 22.1 Å². The van der Waals surface area contributed by atoms with Crippen LogP contribution >= 0.6 is 38.9 Å². The maximum atomic E-state index is 5.99. The van der Waals surface area contributed by atoms with Crippen LogP contribution in [0, 0.1) is 0 Å². The highest BCUT2D eigenvalue weighted by Crippen LogP contribution is 2.32. The van der Waals surface area contributed by atoms with E-state index in [0.717, 1.165) is 19.4 Å². The van der Waals surface area contributed by atoms with Gasteiger partial charge in [-0.1, -0.05) is 33.6 Å². The molecule has 2 N–H and O–H groups in total. The number of benzene rings is 1. The Bertz CT molecular complexity index is 529. The van der Waals surface area contributed by atoms with Gasteiger partial charge in [0, 0.05) is 15.4 Å². The van der Waals surface area contributed by atoms with Crippen LogP contribution in [0.1, 0.15) is 17.9 Å². The Morgan fingerprint density at radius 2 is 2.11 bits per heavy atom. The highest BCUT2D eigenvalue weighted by Gasteiger charge is 2.20. The summed E-state index contributed by atoms with van der Waals surface area (Å²) in [4.78, 5) is 1.04. The van der Waals surface area contributed by atoms with Crippen molar-refractivity contribution in [1.29, 1.82) is 0 Å². The SMILES string of the molecule is CC(N)C(Oc1cccc(Br)c1)c1ccc(Cl)s1. The Morgan fingerprint density at radius 1 is 1.33 bits per heavy atom. The van der Waals surface area contributed by atoms with E-state index >= 15 is 0 Å². The fourth-order valence-electron chi connectivity index (χ4n) is 1.59. The summed E-state index contributed by atoms with van der Waals surface area (Å²) in [7, 11) is 0. The van der Waals surface area contributed by atoms with Crippen molar-refractivity contribution in [2.45, 2.75) is 19.1 Å². The van der Waals surface area contributed by atoms with Crippen LogP contribution in [-0.4, -0.2) is 6.04 Å². The van der Waals surface area contributed by atoms with E-state index in [1.165, 1.54) is 11.3 Å². The molecule has 1 aromatic carbocycles. The van der Waals surface area contributed by atoms with Crippen molar-refractivity contribution >= 4 is 38.9 Å². The molecule has 0 amide bonds. The molecule has 2 rings (SSSR count). The Kier molecular flexibility index (Phi) is 4.67. The van der Waals surface area contributed by atoms with Crippen LogP contribution in [0.25, 0.3) is 0 Å². The van der Waals surface area contributed by atoms with Crippen LogP contribution in [0.3, 0.4) is 0 Å². The van der Waals surface area contributed by atoms with Crippen molar-refractivity contribution in [2.24, 2.45) is 5.73 Å². The summed E-state index contributed by atoms with van der Waals surface area (Å²) in [6, 6.07) is 11.4. The molecule has 0 aliphatic heterocycles. The van der Waals surface area contributed by atoms with Crippen molar-refractivity contribution in [3.05, 3.63) is 50.1 Å². The van der Waals surface area contributed by atoms with Gasteiger partial charge in [0.25, 0.3) is 0 Å². The van der Waals surface area contributed by atoms with E-state index in [-0.39, 0.29) is 12.1 Å². The molecule has 1 aromatic heterocycles. The van der Waals surface area contributed by atoms with Crippen molar-refractivity contribution in [3.8, 4) is 5.75 Å². The first kappa shape index (κ1) is 13.9. The number of hydrogen-bond acceptors (Lipinski definition) is 3. The molecule has 2 atom stereocenters. The largest absolute Gasteiger partial charge is 0.483 e. The van der Waals surface area contributed by atoms with Crippen LogP contribution in [0.4, 0.5) is 0 Å². The molecule has 0 spiro atoms. The van der Waals surface area contributed by atoms with Crippen molar-refractivity contribution in [2.75, 3.05) is 0 Å². The van der Waals surface area contributed by atoms with Gasteiger partial charge in [0.05, 0.1) is 4.34 Å². The second-order valence-corrected chi connectivity index (χ2v) is 6.66. The molecule has 18 heavy (non-hydrogen) atoms. The van der Waals surface area contributed by atoms with Crippen LogP contribution in [0.15, 0.2) is 40.9 Å². The maximum Gasteiger partial charge on any atom is 0.148 e. The molecule has 0 aliphatic carbocycles. The van der Waals surface area contributed by atoms with E-state index in [2.05, 4.69) is 15.9 Å². The molecule has 0 fully saturated rings. The van der Waals surface area contributed by atoms with E-state index in [9.17, 15) is 0 Å². The van der Waals surface area contributed by atoms with Gasteiger partial charge in [-0.15, -0.1) is 11.3 Å². The summed E-state index contributed by atoms with van der Waals surface area (Å²) in [6.07, 6.45) is -0.184. The topological polar surface area (TPSA) is 35.2 Å². The van der Waals surface area contributed by atoms with Gasteiger partial charge < -0.3 is 10.5 Å². The Labute approximate surface area is 124 Å². The first-order valence-electron chi connectivity index (χ1n) is 5.49. The van der Waals surface area contributed by atoms with Gasteiger partial charge in [0.15, 0.2) is 0 Å². The van der Waals surface area contributed by atoms with Gasteiger partial charge in [-0.05, 0) is 37.3 Å². The first-order valence-corrected chi connectivity index (χ1v) is 7.48. The average molecular weight is 347 g/mol. The van der Waals surface area contributed by atoms with Crippen LogP contribution < -0.4 is 10.5 Å². The summed E-state index contributed by atoms with van der Waals surface area (Å²) < 4.78 is 7.68. The number of thiophene rings is 1. The lowest BCUT2D eigenvalue weighted by Crippen LogP contribution is -2.28. The minimum absolute atomic E-state index is 0.112. The lowest BCUT2D eigenvalue weighted by molar-refractivity contribution is 0.184. The smallest absolute Gasteiger partial charge is 0.148 e. The first-order chi connectivity index (χ1) is 8.56. The van der Waals surface area contributed by atoms with Gasteiger partial charge in [0.1, 0.15) is 11.9 Å². The third kappa shape index (κ3) is 3.48. The third-order valence-corrected chi connectivity index (χ3v) is 4.20. The monoisotopic (exact) mass is 345 g/mol. The molecule has 2 unspecified atom stereocenters. The zero-order chi connectivity index (χ0) is 13.1. The number of nitrogens with two attached hydrogens (primary N) is 1.